The monoisotopic (exact) mass is 379 g/mol. The quantitative estimate of drug-likeness (QED) is 0.817. The number of urea groups is 1. The Morgan fingerprint density at radius 2 is 1.62 bits per heavy atom. The summed E-state index contributed by atoms with van der Waals surface area (Å²) < 4.78 is 0. The van der Waals surface area contributed by atoms with Gasteiger partial charge in [-0.2, -0.15) is 0 Å². The third kappa shape index (κ3) is 5.63. The first-order chi connectivity index (χ1) is 12.3. The Morgan fingerprint density at radius 1 is 1.04 bits per heavy atom. The van der Waals surface area contributed by atoms with Crippen LogP contribution in [0, 0.1) is 5.92 Å². The molecule has 2 rings (SSSR count). The number of nitrogens with zero attached hydrogens (tertiary/aromatic N) is 1. The van der Waals surface area contributed by atoms with Gasteiger partial charge in [0.05, 0.1) is 0 Å². The average molecular weight is 380 g/mol. The minimum absolute atomic E-state index is 0.00784. The van der Waals surface area contributed by atoms with E-state index in [0.29, 0.717) is 19.0 Å². The minimum Gasteiger partial charge on any atom is -0.341 e. The molecule has 5 nitrogen and oxygen atoms in total. The van der Waals surface area contributed by atoms with Crippen molar-refractivity contribution in [3.05, 3.63) is 34.9 Å². The number of carbonyl (C=O) groups excluding carboxylic acids is 2. The van der Waals surface area contributed by atoms with Gasteiger partial charge < -0.3 is 15.5 Å². The average Bonchev–Trinajstić information content (AvgIpc) is 2.59. The molecule has 1 saturated heterocycles. The molecule has 1 aliphatic rings. The molecule has 0 aromatic heterocycles. The molecule has 0 saturated carbocycles. The molecule has 26 heavy (non-hydrogen) atoms. The maximum atomic E-state index is 12.9. The summed E-state index contributed by atoms with van der Waals surface area (Å²) in [6, 6.07) is 7.22. The zero-order valence-corrected chi connectivity index (χ0v) is 16.8. The second-order valence-electron chi connectivity index (χ2n) is 7.65. The number of amides is 3. The van der Waals surface area contributed by atoms with E-state index >= 15 is 0 Å². The van der Waals surface area contributed by atoms with E-state index in [0.717, 1.165) is 17.9 Å². The van der Waals surface area contributed by atoms with Crippen LogP contribution in [0.2, 0.25) is 5.02 Å². The number of piperidine rings is 1. The van der Waals surface area contributed by atoms with E-state index in [4.69, 9.17) is 11.6 Å². The maximum absolute atomic E-state index is 12.9. The van der Waals surface area contributed by atoms with Gasteiger partial charge in [0.2, 0.25) is 5.91 Å². The van der Waals surface area contributed by atoms with Crippen molar-refractivity contribution in [2.75, 3.05) is 13.1 Å². The molecule has 0 aliphatic carbocycles. The molecule has 144 valence electrons. The summed E-state index contributed by atoms with van der Waals surface area (Å²) in [6.45, 7) is 9.13. The maximum Gasteiger partial charge on any atom is 0.315 e. The second kappa shape index (κ2) is 9.26. The van der Waals surface area contributed by atoms with Gasteiger partial charge in [0.1, 0.15) is 6.04 Å². The molecule has 2 N–H and O–H groups in total. The van der Waals surface area contributed by atoms with Crippen molar-refractivity contribution in [1.82, 2.24) is 15.5 Å². The van der Waals surface area contributed by atoms with Crippen LogP contribution >= 0.6 is 11.6 Å². The molecule has 1 unspecified atom stereocenters. The van der Waals surface area contributed by atoms with Gasteiger partial charge in [0.15, 0.2) is 0 Å². The lowest BCUT2D eigenvalue weighted by atomic mass is 9.89. The number of nitrogens with one attached hydrogen (secondary N) is 2. The van der Waals surface area contributed by atoms with E-state index in [-0.39, 0.29) is 23.9 Å². The highest BCUT2D eigenvalue weighted by Crippen LogP contribution is 2.29. The summed E-state index contributed by atoms with van der Waals surface area (Å²) >= 11 is 5.96. The van der Waals surface area contributed by atoms with Crippen molar-refractivity contribution < 1.29 is 9.59 Å². The van der Waals surface area contributed by atoms with Gasteiger partial charge in [-0.25, -0.2) is 4.79 Å². The van der Waals surface area contributed by atoms with Gasteiger partial charge in [-0.05, 0) is 56.2 Å². The zero-order valence-electron chi connectivity index (χ0n) is 16.1. The Bertz CT molecular complexity index is 608. The Kier molecular flexibility index (Phi) is 7.33. The lowest BCUT2D eigenvalue weighted by Gasteiger charge is -2.35. The van der Waals surface area contributed by atoms with Gasteiger partial charge in [-0.1, -0.05) is 37.6 Å². The molecular formula is C20H30ClN3O2. The number of halogens is 1. The van der Waals surface area contributed by atoms with Crippen molar-refractivity contribution >= 4 is 23.5 Å². The van der Waals surface area contributed by atoms with Crippen LogP contribution in [0.5, 0.6) is 0 Å². The van der Waals surface area contributed by atoms with Gasteiger partial charge in [0, 0.05) is 24.2 Å². The lowest BCUT2D eigenvalue weighted by Crippen LogP contribution is -2.55. The van der Waals surface area contributed by atoms with Crippen LogP contribution in [0.3, 0.4) is 0 Å². The molecule has 0 radical (unpaired) electrons. The molecule has 1 fully saturated rings. The van der Waals surface area contributed by atoms with Gasteiger partial charge >= 0.3 is 6.03 Å². The van der Waals surface area contributed by atoms with Crippen molar-refractivity contribution in [2.24, 2.45) is 5.92 Å². The molecule has 1 heterocycles. The minimum atomic E-state index is -0.499. The summed E-state index contributed by atoms with van der Waals surface area (Å²) in [5, 5.41) is 6.37. The highest BCUT2D eigenvalue weighted by Gasteiger charge is 2.31. The fourth-order valence-corrected chi connectivity index (χ4v) is 3.45. The molecule has 1 aromatic rings. The Hall–Kier alpha value is -1.75. The van der Waals surface area contributed by atoms with Crippen LogP contribution in [0.25, 0.3) is 0 Å². The highest BCUT2D eigenvalue weighted by atomic mass is 35.5. The Labute approximate surface area is 161 Å². The number of hydrogen-bond donors (Lipinski definition) is 2. The van der Waals surface area contributed by atoms with E-state index in [1.807, 2.05) is 44.7 Å². The number of hydrogen-bond acceptors (Lipinski definition) is 2. The number of likely N-dealkylation sites (tertiary alicyclic amines) is 1. The largest absolute Gasteiger partial charge is 0.341 e. The van der Waals surface area contributed by atoms with E-state index in [2.05, 4.69) is 22.8 Å². The number of benzene rings is 1. The van der Waals surface area contributed by atoms with E-state index in [1.165, 1.54) is 5.56 Å². The summed E-state index contributed by atoms with van der Waals surface area (Å²) in [5.74, 6) is 0.494. The smallest absolute Gasteiger partial charge is 0.315 e. The molecule has 1 atom stereocenters. The molecule has 6 heteroatoms. The molecule has 1 aliphatic heterocycles. The van der Waals surface area contributed by atoms with Crippen molar-refractivity contribution in [3.63, 3.8) is 0 Å². The molecule has 0 bridgehead atoms. The fourth-order valence-electron chi connectivity index (χ4n) is 3.32. The van der Waals surface area contributed by atoms with E-state index in [9.17, 15) is 9.59 Å². The molecule has 1 aromatic carbocycles. The van der Waals surface area contributed by atoms with Crippen LogP contribution in [-0.2, 0) is 4.79 Å². The topological polar surface area (TPSA) is 61.4 Å². The third-order valence-corrected chi connectivity index (χ3v) is 5.04. The predicted molar refractivity (Wildman–Crippen MR) is 105 cm³/mol. The van der Waals surface area contributed by atoms with Crippen molar-refractivity contribution in [3.8, 4) is 0 Å². The Morgan fingerprint density at radius 3 is 2.12 bits per heavy atom. The summed E-state index contributed by atoms with van der Waals surface area (Å²) in [7, 11) is 0. The van der Waals surface area contributed by atoms with E-state index in [1.54, 1.807) is 0 Å². The van der Waals surface area contributed by atoms with Crippen LogP contribution in [0.1, 0.15) is 52.0 Å². The zero-order chi connectivity index (χ0) is 19.3. The van der Waals surface area contributed by atoms with Crippen LogP contribution in [0.15, 0.2) is 24.3 Å². The standard InChI is InChI=1S/C20H30ClN3O2/c1-13(2)18(23-20(26)22-14(3)4)19(25)24-11-9-16(10-12-24)15-5-7-17(21)8-6-15/h5-8,13-14,16,18H,9-12H2,1-4H3,(H2,22,23,26). The van der Waals surface area contributed by atoms with Crippen LogP contribution in [-0.4, -0.2) is 42.0 Å². The molecule has 0 spiro atoms. The molecular weight excluding hydrogens is 350 g/mol. The van der Waals surface area contributed by atoms with Crippen LogP contribution in [0.4, 0.5) is 4.79 Å². The highest BCUT2D eigenvalue weighted by molar-refractivity contribution is 6.30. The first-order valence-electron chi connectivity index (χ1n) is 9.39. The number of rotatable bonds is 5. The summed E-state index contributed by atoms with van der Waals surface area (Å²) in [6.07, 6.45) is 1.85. The normalized spacial score (nSPS) is 16.7. The van der Waals surface area contributed by atoms with Crippen molar-refractivity contribution in [2.45, 2.75) is 58.5 Å². The van der Waals surface area contributed by atoms with Gasteiger partial charge in [-0.15, -0.1) is 0 Å². The lowest BCUT2D eigenvalue weighted by molar-refractivity contribution is -0.135. The first kappa shape index (κ1) is 20.6. The van der Waals surface area contributed by atoms with Crippen molar-refractivity contribution in [1.29, 1.82) is 0 Å². The van der Waals surface area contributed by atoms with Gasteiger partial charge in [0.25, 0.3) is 0 Å². The predicted octanol–water partition coefficient (Wildman–Crippen LogP) is 3.78. The van der Waals surface area contributed by atoms with Gasteiger partial charge in [-0.3, -0.25) is 4.79 Å². The number of carbonyl (C=O) groups is 2. The molecule has 3 amide bonds. The second-order valence-corrected chi connectivity index (χ2v) is 8.08. The summed E-state index contributed by atoms with van der Waals surface area (Å²) in [5.41, 5.74) is 1.27. The third-order valence-electron chi connectivity index (χ3n) is 4.79. The van der Waals surface area contributed by atoms with E-state index < -0.39 is 6.04 Å². The Balaban J connectivity index is 1.94. The summed E-state index contributed by atoms with van der Waals surface area (Å²) in [4.78, 5) is 26.8. The first-order valence-corrected chi connectivity index (χ1v) is 9.77. The van der Waals surface area contributed by atoms with Crippen LogP contribution < -0.4 is 10.6 Å². The fraction of sp³-hybridized carbons (Fsp3) is 0.600. The SMILES string of the molecule is CC(C)NC(=O)NC(C(=O)N1CCC(c2ccc(Cl)cc2)CC1)C(C)C.